The molecule has 28 heavy (non-hydrogen) atoms. The first-order valence-electron chi connectivity index (χ1n) is 10.3. The van der Waals surface area contributed by atoms with Crippen LogP contribution in [0.3, 0.4) is 0 Å². The molecular formula is C23H33N3O2. The number of carbonyl (C=O) groups is 1. The Bertz CT molecular complexity index is 729. The molecule has 5 heteroatoms. The van der Waals surface area contributed by atoms with Crippen LogP contribution in [0.4, 0.5) is 0 Å². The molecule has 0 saturated heterocycles. The van der Waals surface area contributed by atoms with Crippen LogP contribution in [-0.2, 0) is 9.53 Å². The summed E-state index contributed by atoms with van der Waals surface area (Å²) < 4.78 is 6.37. The molecule has 0 spiro atoms. The van der Waals surface area contributed by atoms with E-state index in [0.29, 0.717) is 12.3 Å². The molecular weight excluding hydrogens is 350 g/mol. The maximum Gasteiger partial charge on any atom is 0.234 e. The first-order valence-corrected chi connectivity index (χ1v) is 10.3. The van der Waals surface area contributed by atoms with Gasteiger partial charge in [-0.3, -0.25) is 4.79 Å². The van der Waals surface area contributed by atoms with Gasteiger partial charge in [0.2, 0.25) is 11.8 Å². The number of rotatable bonds is 7. The largest absolute Gasteiger partial charge is 0.474 e. The van der Waals surface area contributed by atoms with Crippen molar-refractivity contribution in [3.05, 3.63) is 35.1 Å². The maximum absolute atomic E-state index is 11.6. The van der Waals surface area contributed by atoms with Crippen LogP contribution in [0.1, 0.15) is 72.1 Å². The quantitative estimate of drug-likeness (QED) is 0.498. The number of nitrogens with zero attached hydrogens (tertiary/aromatic N) is 2. The second-order valence-electron chi connectivity index (χ2n) is 8.12. The van der Waals surface area contributed by atoms with E-state index in [2.05, 4.69) is 38.4 Å². The number of hydrogen-bond acceptors (Lipinski definition) is 4. The fourth-order valence-electron chi connectivity index (χ4n) is 4.36. The number of aliphatic imine (C=N–C) groups is 1. The van der Waals surface area contributed by atoms with Crippen LogP contribution in [0, 0.1) is 23.2 Å². The summed E-state index contributed by atoms with van der Waals surface area (Å²) in [7, 11) is 0. The summed E-state index contributed by atoms with van der Waals surface area (Å²) in [5, 5.41) is 9.33. The van der Waals surface area contributed by atoms with E-state index in [-0.39, 0.29) is 12.0 Å². The SMILES string of the molecule is C=CN=C(OC1CCCCC1)C(=C(C)C)C1=C(C)CCC1CC(C#N)C(N)=O. The van der Waals surface area contributed by atoms with Crippen molar-refractivity contribution in [1.82, 2.24) is 0 Å². The number of carbonyl (C=O) groups excluding carboxylic acids is 1. The molecule has 1 saturated carbocycles. The summed E-state index contributed by atoms with van der Waals surface area (Å²) in [6.45, 7) is 10.0. The maximum atomic E-state index is 11.6. The molecule has 2 N–H and O–H groups in total. The number of nitrogens with two attached hydrogens (primary N) is 1. The highest BCUT2D eigenvalue weighted by atomic mass is 16.5. The van der Waals surface area contributed by atoms with E-state index < -0.39 is 11.8 Å². The lowest BCUT2D eigenvalue weighted by Crippen LogP contribution is -2.27. The monoisotopic (exact) mass is 383 g/mol. The predicted molar refractivity (Wildman–Crippen MR) is 112 cm³/mol. The van der Waals surface area contributed by atoms with Crippen molar-refractivity contribution in [1.29, 1.82) is 5.26 Å². The minimum absolute atomic E-state index is 0.104. The molecule has 2 rings (SSSR count). The number of nitriles is 1. The van der Waals surface area contributed by atoms with Gasteiger partial charge in [0.15, 0.2) is 0 Å². The minimum atomic E-state index is -0.775. The Balaban J connectivity index is 2.36. The molecule has 1 fully saturated rings. The van der Waals surface area contributed by atoms with E-state index in [1.165, 1.54) is 31.0 Å². The van der Waals surface area contributed by atoms with Crippen molar-refractivity contribution in [2.75, 3.05) is 0 Å². The van der Waals surface area contributed by atoms with E-state index in [0.717, 1.165) is 42.4 Å². The molecule has 2 unspecified atom stereocenters. The standard InChI is InChI=1S/C23H33N3O2/c1-5-26-23(28-19-9-7-6-8-10-19)20(15(2)3)21-16(4)11-12-17(21)13-18(14-24)22(25)27/h5,17-19H,1,6-13H2,2-4H3,(H2,25,27). The van der Waals surface area contributed by atoms with Crippen molar-refractivity contribution in [2.24, 2.45) is 22.6 Å². The van der Waals surface area contributed by atoms with Gasteiger partial charge in [-0.05, 0) is 77.2 Å². The average molecular weight is 384 g/mol. The lowest BCUT2D eigenvalue weighted by Gasteiger charge is -2.27. The highest BCUT2D eigenvalue weighted by molar-refractivity contribution is 5.99. The number of allylic oxidation sites excluding steroid dienone is 2. The van der Waals surface area contributed by atoms with E-state index in [1.54, 1.807) is 0 Å². The van der Waals surface area contributed by atoms with Gasteiger partial charge >= 0.3 is 0 Å². The van der Waals surface area contributed by atoms with Crippen molar-refractivity contribution in [2.45, 2.75) is 78.2 Å². The molecule has 0 heterocycles. The lowest BCUT2D eigenvalue weighted by atomic mass is 9.84. The minimum Gasteiger partial charge on any atom is -0.474 e. The van der Waals surface area contributed by atoms with Crippen LogP contribution >= 0.6 is 0 Å². The van der Waals surface area contributed by atoms with Crippen LogP contribution in [-0.4, -0.2) is 17.9 Å². The second kappa shape index (κ2) is 10.3. The third-order valence-corrected chi connectivity index (χ3v) is 5.78. The Hall–Kier alpha value is -2.35. The van der Waals surface area contributed by atoms with E-state index in [9.17, 15) is 10.1 Å². The van der Waals surface area contributed by atoms with Crippen molar-refractivity contribution >= 4 is 11.8 Å². The van der Waals surface area contributed by atoms with Gasteiger partial charge in [0.25, 0.3) is 0 Å². The summed E-state index contributed by atoms with van der Waals surface area (Å²) in [6, 6.07) is 2.06. The molecule has 0 aromatic rings. The molecule has 0 aromatic heterocycles. The van der Waals surface area contributed by atoms with Crippen LogP contribution < -0.4 is 5.73 Å². The van der Waals surface area contributed by atoms with Crippen LogP contribution in [0.25, 0.3) is 0 Å². The van der Waals surface area contributed by atoms with Gasteiger partial charge in [-0.25, -0.2) is 4.99 Å². The Morgan fingerprint density at radius 1 is 1.36 bits per heavy atom. The lowest BCUT2D eigenvalue weighted by molar-refractivity contribution is -0.120. The highest BCUT2D eigenvalue weighted by Gasteiger charge is 2.33. The highest BCUT2D eigenvalue weighted by Crippen LogP contribution is 2.42. The van der Waals surface area contributed by atoms with Crippen molar-refractivity contribution in [3.63, 3.8) is 0 Å². The smallest absolute Gasteiger partial charge is 0.234 e. The molecule has 5 nitrogen and oxygen atoms in total. The Morgan fingerprint density at radius 2 is 2.04 bits per heavy atom. The summed E-state index contributed by atoms with van der Waals surface area (Å²) in [4.78, 5) is 16.1. The first kappa shape index (κ1) is 21.9. The van der Waals surface area contributed by atoms with Gasteiger partial charge in [0, 0.05) is 11.8 Å². The fraction of sp³-hybridized carbons (Fsp3) is 0.609. The van der Waals surface area contributed by atoms with Crippen LogP contribution in [0.2, 0.25) is 0 Å². The molecule has 0 aromatic carbocycles. The normalized spacial score (nSPS) is 21.8. The van der Waals surface area contributed by atoms with E-state index in [1.807, 2.05) is 0 Å². The molecule has 2 aliphatic rings. The van der Waals surface area contributed by atoms with Crippen molar-refractivity contribution in [3.8, 4) is 6.07 Å². The van der Waals surface area contributed by atoms with Gasteiger partial charge in [-0.15, -0.1) is 0 Å². The zero-order valence-electron chi connectivity index (χ0n) is 17.5. The average Bonchev–Trinajstić information content (AvgIpc) is 3.00. The molecule has 2 atom stereocenters. The van der Waals surface area contributed by atoms with Crippen LogP contribution in [0.15, 0.2) is 40.1 Å². The topological polar surface area (TPSA) is 88.5 Å². The Labute approximate surface area is 169 Å². The third-order valence-electron chi connectivity index (χ3n) is 5.78. The molecule has 2 aliphatic carbocycles. The first-order chi connectivity index (χ1) is 13.4. The van der Waals surface area contributed by atoms with Gasteiger partial charge in [0.05, 0.1) is 6.07 Å². The molecule has 0 radical (unpaired) electrons. The van der Waals surface area contributed by atoms with Gasteiger partial charge in [-0.2, -0.15) is 5.26 Å². The molecule has 0 aliphatic heterocycles. The molecule has 0 bridgehead atoms. The summed E-state index contributed by atoms with van der Waals surface area (Å²) in [5.74, 6) is -0.602. The second-order valence-corrected chi connectivity index (χ2v) is 8.12. The Morgan fingerprint density at radius 3 is 2.57 bits per heavy atom. The summed E-state index contributed by atoms with van der Waals surface area (Å²) in [6.07, 6.45) is 9.73. The third kappa shape index (κ3) is 5.34. The Kier molecular flexibility index (Phi) is 8.04. The van der Waals surface area contributed by atoms with Crippen LogP contribution in [0.5, 0.6) is 0 Å². The van der Waals surface area contributed by atoms with E-state index in [4.69, 9.17) is 10.5 Å². The molecule has 152 valence electrons. The number of amides is 1. The van der Waals surface area contributed by atoms with Crippen molar-refractivity contribution < 1.29 is 9.53 Å². The van der Waals surface area contributed by atoms with Gasteiger partial charge in [0.1, 0.15) is 12.0 Å². The van der Waals surface area contributed by atoms with Gasteiger partial charge in [-0.1, -0.05) is 24.1 Å². The predicted octanol–water partition coefficient (Wildman–Crippen LogP) is 4.96. The fourth-order valence-corrected chi connectivity index (χ4v) is 4.36. The number of hydrogen-bond donors (Lipinski definition) is 1. The van der Waals surface area contributed by atoms with E-state index >= 15 is 0 Å². The van der Waals surface area contributed by atoms with Gasteiger partial charge < -0.3 is 10.5 Å². The zero-order valence-corrected chi connectivity index (χ0v) is 17.5. The molecule has 1 amide bonds. The number of primary amides is 1. The summed E-state index contributed by atoms with van der Waals surface area (Å²) in [5.41, 5.74) is 9.98. The number of ether oxygens (including phenoxy) is 1. The zero-order chi connectivity index (χ0) is 20.7. The summed E-state index contributed by atoms with van der Waals surface area (Å²) >= 11 is 0.